The summed E-state index contributed by atoms with van der Waals surface area (Å²) in [5.74, 6) is -0.703. The van der Waals surface area contributed by atoms with Crippen molar-refractivity contribution < 1.29 is 28.9 Å². The van der Waals surface area contributed by atoms with Gasteiger partial charge in [-0.3, -0.25) is 9.59 Å². The molecule has 0 aromatic heterocycles. The second-order valence-corrected chi connectivity index (χ2v) is 15.4. The average Bonchev–Trinajstić information content (AvgIpc) is 3.20. The van der Waals surface area contributed by atoms with Crippen molar-refractivity contribution in [3.8, 4) is 11.1 Å². The molecule has 3 aromatic carbocycles. The van der Waals surface area contributed by atoms with Crippen molar-refractivity contribution in [1.29, 1.82) is 0 Å². The summed E-state index contributed by atoms with van der Waals surface area (Å²) in [5.41, 5.74) is 5.92. The molecule has 0 spiro atoms. The Bertz CT molecular complexity index is 1530. The summed E-state index contributed by atoms with van der Waals surface area (Å²) in [6.45, 7) is 13.0. The summed E-state index contributed by atoms with van der Waals surface area (Å²) >= 11 is 0. The minimum atomic E-state index is -0.861. The largest absolute Gasteiger partial charge is 0.453 e. The number of unbranched alkanes of at least 4 members (excludes halogenated alkanes) is 10. The molecule has 0 aliphatic carbocycles. The van der Waals surface area contributed by atoms with Crippen LogP contribution in [0.2, 0.25) is 0 Å². The van der Waals surface area contributed by atoms with Gasteiger partial charge in [0.05, 0.1) is 18.8 Å². The molecule has 0 unspecified atom stereocenters. The first-order valence-electron chi connectivity index (χ1n) is 21.1. The van der Waals surface area contributed by atoms with Crippen LogP contribution in [0.1, 0.15) is 146 Å². The zero-order valence-corrected chi connectivity index (χ0v) is 34.3. The molecule has 0 bridgehead atoms. The standard InChI is InChI=1S/C47H68N2O6/c1-6-8-10-12-14-18-30-49(31-19-15-13-11-9-7-2)33-44-35(3)45(40-24-22-38(34-50)23-25-40)55-47(54-44)41-28-26-39(27-29-41)43-21-17-16-20-42(43)32-48-46(52)36(4)53-37(5)51/h16-17,20-29,35-36,44-45,47,50H,6-15,18-19,30-34H2,1-5H3,(H,48,52)/t35-,36-,44+,45+,47+/m0/s1. The maximum absolute atomic E-state index is 12.6. The molecule has 302 valence electrons. The average molecular weight is 757 g/mol. The van der Waals surface area contributed by atoms with Crippen LogP contribution in [0.15, 0.2) is 72.8 Å². The fourth-order valence-electron chi connectivity index (χ4n) is 7.51. The molecule has 55 heavy (non-hydrogen) atoms. The Morgan fingerprint density at radius 3 is 1.96 bits per heavy atom. The van der Waals surface area contributed by atoms with Gasteiger partial charge >= 0.3 is 5.97 Å². The Hall–Kier alpha value is -3.56. The van der Waals surface area contributed by atoms with E-state index in [-0.39, 0.29) is 30.6 Å². The van der Waals surface area contributed by atoms with Crippen molar-refractivity contribution in [2.75, 3.05) is 19.6 Å². The maximum atomic E-state index is 12.6. The lowest BCUT2D eigenvalue weighted by Crippen LogP contribution is -2.45. The quantitative estimate of drug-likeness (QED) is 0.0694. The van der Waals surface area contributed by atoms with Gasteiger partial charge in [-0.25, -0.2) is 0 Å². The first kappa shape index (κ1) is 44.2. The van der Waals surface area contributed by atoms with Gasteiger partial charge in [-0.1, -0.05) is 158 Å². The van der Waals surface area contributed by atoms with Gasteiger partial charge in [0.2, 0.25) is 0 Å². The highest BCUT2D eigenvalue weighted by molar-refractivity contribution is 5.83. The summed E-state index contributed by atoms with van der Waals surface area (Å²) in [6.07, 6.45) is 13.8. The summed E-state index contributed by atoms with van der Waals surface area (Å²) in [6, 6.07) is 24.5. The summed E-state index contributed by atoms with van der Waals surface area (Å²) < 4.78 is 18.8. The minimum absolute atomic E-state index is 0.0107. The second kappa shape index (κ2) is 24.2. The second-order valence-electron chi connectivity index (χ2n) is 15.4. The fourth-order valence-corrected chi connectivity index (χ4v) is 7.51. The Morgan fingerprint density at radius 2 is 1.36 bits per heavy atom. The van der Waals surface area contributed by atoms with Gasteiger partial charge in [0.25, 0.3) is 5.91 Å². The monoisotopic (exact) mass is 757 g/mol. The van der Waals surface area contributed by atoms with E-state index >= 15 is 0 Å². The molecule has 1 amide bonds. The van der Waals surface area contributed by atoms with Gasteiger partial charge in [0.15, 0.2) is 12.4 Å². The third kappa shape index (κ3) is 14.5. The molecule has 8 heteroatoms. The van der Waals surface area contributed by atoms with E-state index in [9.17, 15) is 14.7 Å². The van der Waals surface area contributed by atoms with Gasteiger partial charge in [-0.15, -0.1) is 0 Å². The number of carbonyl (C=O) groups is 2. The van der Waals surface area contributed by atoms with Crippen molar-refractivity contribution in [3.63, 3.8) is 0 Å². The van der Waals surface area contributed by atoms with Crippen molar-refractivity contribution in [2.24, 2.45) is 5.92 Å². The van der Waals surface area contributed by atoms with E-state index in [1.165, 1.54) is 84.0 Å². The van der Waals surface area contributed by atoms with E-state index in [0.29, 0.717) is 6.54 Å². The first-order chi connectivity index (χ1) is 26.7. The van der Waals surface area contributed by atoms with Crippen molar-refractivity contribution in [1.82, 2.24) is 10.2 Å². The highest BCUT2D eigenvalue weighted by atomic mass is 16.7. The molecule has 1 aliphatic heterocycles. The molecule has 5 atom stereocenters. The number of amides is 1. The van der Waals surface area contributed by atoms with Crippen LogP contribution in [-0.4, -0.2) is 53.7 Å². The van der Waals surface area contributed by atoms with E-state index in [1.807, 2.05) is 36.4 Å². The van der Waals surface area contributed by atoms with Gasteiger partial charge in [0, 0.05) is 31.5 Å². The number of nitrogens with zero attached hydrogens (tertiary/aromatic N) is 1. The Kier molecular flexibility index (Phi) is 19.4. The molecule has 1 heterocycles. The molecular weight excluding hydrogens is 689 g/mol. The van der Waals surface area contributed by atoms with E-state index < -0.39 is 18.4 Å². The molecule has 1 aliphatic rings. The molecule has 0 radical (unpaired) electrons. The topological polar surface area (TPSA) is 97.3 Å². The van der Waals surface area contributed by atoms with Crippen molar-refractivity contribution >= 4 is 11.9 Å². The number of nitrogens with one attached hydrogen (secondary N) is 1. The summed E-state index contributed by atoms with van der Waals surface area (Å²) in [4.78, 5) is 26.5. The number of ether oxygens (including phenoxy) is 3. The molecule has 1 saturated heterocycles. The van der Waals surface area contributed by atoms with E-state index in [4.69, 9.17) is 14.2 Å². The zero-order chi connectivity index (χ0) is 39.4. The van der Waals surface area contributed by atoms with Gasteiger partial charge in [-0.05, 0) is 60.7 Å². The van der Waals surface area contributed by atoms with Crippen LogP contribution < -0.4 is 5.32 Å². The van der Waals surface area contributed by atoms with E-state index in [2.05, 4.69) is 67.4 Å². The summed E-state index contributed by atoms with van der Waals surface area (Å²) in [7, 11) is 0. The molecule has 0 saturated carbocycles. The van der Waals surface area contributed by atoms with Crippen LogP contribution in [0, 0.1) is 5.92 Å². The smallest absolute Gasteiger partial charge is 0.303 e. The van der Waals surface area contributed by atoms with Crippen LogP contribution in [0.3, 0.4) is 0 Å². The number of benzene rings is 3. The number of rotatable bonds is 24. The molecule has 3 aromatic rings. The van der Waals surface area contributed by atoms with Crippen molar-refractivity contribution in [2.45, 2.75) is 149 Å². The number of hydrogen-bond donors (Lipinski definition) is 2. The maximum Gasteiger partial charge on any atom is 0.303 e. The number of carbonyl (C=O) groups excluding carboxylic acids is 2. The highest BCUT2D eigenvalue weighted by Crippen LogP contribution is 2.42. The van der Waals surface area contributed by atoms with Gasteiger partial charge in [0.1, 0.15) is 0 Å². The van der Waals surface area contributed by atoms with E-state index in [0.717, 1.165) is 53.0 Å². The highest BCUT2D eigenvalue weighted by Gasteiger charge is 2.39. The molecule has 4 rings (SSSR count). The predicted octanol–water partition coefficient (Wildman–Crippen LogP) is 10.2. The minimum Gasteiger partial charge on any atom is -0.453 e. The Balaban J connectivity index is 1.52. The van der Waals surface area contributed by atoms with Gasteiger partial charge < -0.3 is 29.5 Å². The lowest BCUT2D eigenvalue weighted by molar-refractivity contribution is -0.276. The predicted molar refractivity (Wildman–Crippen MR) is 221 cm³/mol. The number of hydrogen-bond acceptors (Lipinski definition) is 7. The Morgan fingerprint density at radius 1 is 0.782 bits per heavy atom. The van der Waals surface area contributed by atoms with Gasteiger partial charge in [-0.2, -0.15) is 0 Å². The fraction of sp³-hybridized carbons (Fsp3) is 0.574. The molecule has 8 nitrogen and oxygen atoms in total. The molecule has 1 fully saturated rings. The van der Waals surface area contributed by atoms with Crippen LogP contribution in [0.25, 0.3) is 11.1 Å². The van der Waals surface area contributed by atoms with Crippen LogP contribution in [0.5, 0.6) is 0 Å². The van der Waals surface area contributed by atoms with Crippen LogP contribution in [0.4, 0.5) is 0 Å². The Labute approximate surface area is 331 Å². The number of aliphatic hydroxyl groups is 1. The van der Waals surface area contributed by atoms with E-state index in [1.54, 1.807) is 6.92 Å². The molecule has 2 N–H and O–H groups in total. The van der Waals surface area contributed by atoms with Crippen LogP contribution >= 0.6 is 0 Å². The summed E-state index contributed by atoms with van der Waals surface area (Å²) in [5, 5.41) is 12.6. The number of esters is 1. The normalized spacial score (nSPS) is 19.0. The third-order valence-corrected chi connectivity index (χ3v) is 10.9. The number of aliphatic hydroxyl groups excluding tert-OH is 1. The zero-order valence-electron chi connectivity index (χ0n) is 34.3. The molecular formula is C47H68N2O6. The van der Waals surface area contributed by atoms with Crippen LogP contribution in [-0.2, 0) is 37.0 Å². The lowest BCUT2D eigenvalue weighted by atomic mass is 9.89. The SMILES string of the molecule is CCCCCCCCN(CCCCCCCC)C[C@H]1O[C@@H](c2ccc(-c3ccccc3CNC(=O)[C@H](C)OC(C)=O)cc2)O[C@@H](c2ccc(CO)cc2)[C@H]1C. The lowest BCUT2D eigenvalue weighted by Gasteiger charge is -2.43. The van der Waals surface area contributed by atoms with Crippen molar-refractivity contribution in [3.05, 3.63) is 95.1 Å². The first-order valence-corrected chi connectivity index (χ1v) is 21.1. The third-order valence-electron chi connectivity index (χ3n) is 10.9.